The zero-order valence-corrected chi connectivity index (χ0v) is 17.7. The van der Waals surface area contributed by atoms with E-state index in [1.165, 1.54) is 12.1 Å². The Morgan fingerprint density at radius 2 is 2.00 bits per heavy atom. The summed E-state index contributed by atoms with van der Waals surface area (Å²) in [5, 5.41) is 7.69. The van der Waals surface area contributed by atoms with Crippen LogP contribution < -0.4 is 5.32 Å². The number of rotatable bonds is 5. The van der Waals surface area contributed by atoms with E-state index in [9.17, 15) is 14.0 Å². The van der Waals surface area contributed by atoms with E-state index >= 15 is 0 Å². The fraction of sp³-hybridized carbons (Fsp3) is 0.476. The first-order chi connectivity index (χ1) is 13.8. The summed E-state index contributed by atoms with van der Waals surface area (Å²) in [7, 11) is 0. The predicted octanol–water partition coefficient (Wildman–Crippen LogP) is 3.41. The molecule has 1 aromatic heterocycles. The molecule has 29 heavy (non-hydrogen) atoms. The molecule has 8 heteroatoms. The third-order valence-electron chi connectivity index (χ3n) is 5.10. The summed E-state index contributed by atoms with van der Waals surface area (Å²) in [6.07, 6.45) is 1.66. The van der Waals surface area contributed by atoms with Gasteiger partial charge < -0.3 is 10.2 Å². The third-order valence-corrected chi connectivity index (χ3v) is 5.49. The molecule has 3 rings (SSSR count). The molecule has 2 aromatic rings. The number of piperidine rings is 1. The molecule has 6 nitrogen and oxygen atoms in total. The highest BCUT2D eigenvalue weighted by molar-refractivity contribution is 6.33. The predicted molar refractivity (Wildman–Crippen MR) is 109 cm³/mol. The molecule has 1 aliphatic heterocycles. The molecule has 1 aliphatic rings. The Morgan fingerprint density at radius 3 is 2.66 bits per heavy atom. The van der Waals surface area contributed by atoms with E-state index in [1.54, 1.807) is 28.6 Å². The first-order valence-corrected chi connectivity index (χ1v) is 10.2. The molecule has 0 bridgehead atoms. The van der Waals surface area contributed by atoms with Crippen molar-refractivity contribution in [3.63, 3.8) is 0 Å². The molecule has 0 saturated carbocycles. The topological polar surface area (TPSA) is 67.2 Å². The van der Waals surface area contributed by atoms with E-state index in [0.29, 0.717) is 30.9 Å². The Bertz CT molecular complexity index is 895. The number of carbonyl (C=O) groups is 2. The maximum atomic E-state index is 13.1. The van der Waals surface area contributed by atoms with Crippen molar-refractivity contribution in [2.24, 2.45) is 5.92 Å². The third kappa shape index (κ3) is 4.96. The number of benzene rings is 1. The Balaban J connectivity index is 1.74. The molecule has 1 unspecified atom stereocenters. The number of aryl methyl sites for hydroxylation is 1. The lowest BCUT2D eigenvalue weighted by Gasteiger charge is -2.33. The van der Waals surface area contributed by atoms with Gasteiger partial charge in [0.1, 0.15) is 11.0 Å². The average Bonchev–Trinajstić information content (AvgIpc) is 2.96. The van der Waals surface area contributed by atoms with Crippen molar-refractivity contribution in [3.8, 4) is 0 Å². The van der Waals surface area contributed by atoms with Gasteiger partial charge >= 0.3 is 0 Å². The van der Waals surface area contributed by atoms with Gasteiger partial charge in [-0.1, -0.05) is 37.6 Å². The largest absolute Gasteiger partial charge is 0.351 e. The Hall–Kier alpha value is -2.41. The molecular formula is C21H26ClFN4O2. The number of carbonyl (C=O) groups excluding carboxylic acids is 2. The molecule has 2 amide bonds. The van der Waals surface area contributed by atoms with Crippen LogP contribution in [0.3, 0.4) is 0 Å². The van der Waals surface area contributed by atoms with Crippen LogP contribution in [-0.4, -0.2) is 45.6 Å². The molecule has 1 N–H and O–H groups in total. The highest BCUT2D eigenvalue weighted by Gasteiger charge is 2.30. The van der Waals surface area contributed by atoms with E-state index in [-0.39, 0.29) is 34.7 Å². The summed E-state index contributed by atoms with van der Waals surface area (Å²) >= 11 is 6.50. The van der Waals surface area contributed by atoms with Crippen molar-refractivity contribution in [1.82, 2.24) is 20.0 Å². The fourth-order valence-corrected chi connectivity index (χ4v) is 3.78. The summed E-state index contributed by atoms with van der Waals surface area (Å²) in [6, 6.07) is 6.03. The Kier molecular flexibility index (Phi) is 6.57. The standard InChI is InChI=1S/C21H26ClFN4O2/c1-13(2)20(28)24-17-5-4-10-26(12-17)21(29)18-14(3)25-27(19(18)22)11-15-6-8-16(23)9-7-15/h6-9,13,17H,4-5,10-12H2,1-3H3,(H,24,28). The Labute approximate surface area is 175 Å². The van der Waals surface area contributed by atoms with E-state index in [2.05, 4.69) is 10.4 Å². The van der Waals surface area contributed by atoms with Gasteiger partial charge in [-0.05, 0) is 37.5 Å². The molecule has 1 saturated heterocycles. The summed E-state index contributed by atoms with van der Waals surface area (Å²) in [6.45, 7) is 6.87. The highest BCUT2D eigenvalue weighted by atomic mass is 35.5. The molecular weight excluding hydrogens is 395 g/mol. The minimum Gasteiger partial charge on any atom is -0.351 e. The maximum Gasteiger partial charge on any atom is 0.258 e. The van der Waals surface area contributed by atoms with Gasteiger partial charge in [0.2, 0.25) is 5.91 Å². The highest BCUT2D eigenvalue weighted by Crippen LogP contribution is 2.24. The number of hydrogen-bond donors (Lipinski definition) is 1. The van der Waals surface area contributed by atoms with Gasteiger partial charge in [-0.25, -0.2) is 9.07 Å². The van der Waals surface area contributed by atoms with Crippen molar-refractivity contribution < 1.29 is 14.0 Å². The normalized spacial score (nSPS) is 16.9. The van der Waals surface area contributed by atoms with Gasteiger partial charge in [0.25, 0.3) is 5.91 Å². The molecule has 156 valence electrons. The zero-order chi connectivity index (χ0) is 21.1. The number of halogens is 2. The van der Waals surface area contributed by atoms with Gasteiger partial charge in [0, 0.05) is 25.0 Å². The second-order valence-electron chi connectivity index (χ2n) is 7.79. The first kappa shape index (κ1) is 21.3. The minimum absolute atomic E-state index is 0.00868. The molecule has 1 aromatic carbocycles. The summed E-state index contributed by atoms with van der Waals surface area (Å²) in [4.78, 5) is 26.9. The van der Waals surface area contributed by atoms with Crippen LogP contribution in [0.2, 0.25) is 5.15 Å². The lowest BCUT2D eigenvalue weighted by molar-refractivity contribution is -0.125. The number of hydrogen-bond acceptors (Lipinski definition) is 3. The number of aromatic nitrogens is 2. The molecule has 0 spiro atoms. The zero-order valence-electron chi connectivity index (χ0n) is 16.9. The molecule has 1 atom stereocenters. The van der Waals surface area contributed by atoms with Crippen molar-refractivity contribution in [3.05, 3.63) is 52.1 Å². The number of amides is 2. The van der Waals surface area contributed by atoms with Crippen LogP contribution in [0.25, 0.3) is 0 Å². The monoisotopic (exact) mass is 420 g/mol. The lowest BCUT2D eigenvalue weighted by Crippen LogP contribution is -2.50. The van der Waals surface area contributed by atoms with Gasteiger partial charge in [0.05, 0.1) is 17.8 Å². The molecule has 0 radical (unpaired) electrons. The SMILES string of the molecule is Cc1nn(Cc2ccc(F)cc2)c(Cl)c1C(=O)N1CCCC(NC(=O)C(C)C)C1. The van der Waals surface area contributed by atoms with Gasteiger partial charge in [-0.2, -0.15) is 5.10 Å². The number of nitrogens with one attached hydrogen (secondary N) is 1. The first-order valence-electron chi connectivity index (χ1n) is 9.83. The van der Waals surface area contributed by atoms with E-state index < -0.39 is 0 Å². The van der Waals surface area contributed by atoms with E-state index in [1.807, 2.05) is 13.8 Å². The minimum atomic E-state index is -0.309. The number of likely N-dealkylation sites (tertiary alicyclic amines) is 1. The van der Waals surface area contributed by atoms with Gasteiger partial charge in [-0.3, -0.25) is 9.59 Å². The van der Waals surface area contributed by atoms with Crippen molar-refractivity contribution in [2.45, 2.75) is 46.2 Å². The molecule has 2 heterocycles. The van der Waals surface area contributed by atoms with Crippen LogP contribution >= 0.6 is 11.6 Å². The molecule has 0 aliphatic carbocycles. The van der Waals surface area contributed by atoms with Crippen LogP contribution in [0.4, 0.5) is 4.39 Å². The summed E-state index contributed by atoms with van der Waals surface area (Å²) in [5.41, 5.74) is 1.77. The van der Waals surface area contributed by atoms with Crippen LogP contribution in [0, 0.1) is 18.7 Å². The number of nitrogens with zero attached hydrogens (tertiary/aromatic N) is 3. The van der Waals surface area contributed by atoms with E-state index in [0.717, 1.165) is 18.4 Å². The summed E-state index contributed by atoms with van der Waals surface area (Å²) in [5.74, 6) is -0.592. The lowest BCUT2D eigenvalue weighted by atomic mass is 10.0. The summed E-state index contributed by atoms with van der Waals surface area (Å²) < 4.78 is 14.7. The maximum absolute atomic E-state index is 13.1. The second kappa shape index (κ2) is 8.95. The van der Waals surface area contributed by atoms with Gasteiger partial charge in [0.15, 0.2) is 0 Å². The van der Waals surface area contributed by atoms with Crippen LogP contribution in [0.1, 0.15) is 48.3 Å². The van der Waals surface area contributed by atoms with Crippen molar-refractivity contribution in [2.75, 3.05) is 13.1 Å². The fourth-order valence-electron chi connectivity index (χ4n) is 3.47. The van der Waals surface area contributed by atoms with Crippen molar-refractivity contribution >= 4 is 23.4 Å². The Morgan fingerprint density at radius 1 is 1.31 bits per heavy atom. The van der Waals surface area contributed by atoms with Crippen LogP contribution in [-0.2, 0) is 11.3 Å². The van der Waals surface area contributed by atoms with Crippen molar-refractivity contribution in [1.29, 1.82) is 0 Å². The van der Waals surface area contributed by atoms with Crippen LogP contribution in [0.5, 0.6) is 0 Å². The average molecular weight is 421 g/mol. The van der Waals surface area contributed by atoms with Gasteiger partial charge in [-0.15, -0.1) is 0 Å². The van der Waals surface area contributed by atoms with E-state index in [4.69, 9.17) is 11.6 Å². The molecule has 1 fully saturated rings. The van der Waals surface area contributed by atoms with Crippen LogP contribution in [0.15, 0.2) is 24.3 Å². The second-order valence-corrected chi connectivity index (χ2v) is 8.15. The quantitative estimate of drug-likeness (QED) is 0.806. The smallest absolute Gasteiger partial charge is 0.258 e.